The molecule has 0 aliphatic rings. The van der Waals surface area contributed by atoms with Crippen LogP contribution in [0.4, 0.5) is 0 Å². The zero-order valence-corrected chi connectivity index (χ0v) is 10.2. The van der Waals surface area contributed by atoms with Crippen LogP contribution in [0.3, 0.4) is 0 Å². The lowest BCUT2D eigenvalue weighted by Crippen LogP contribution is -2.46. The number of hydrogen-bond acceptors (Lipinski definition) is 4. The van der Waals surface area contributed by atoms with Gasteiger partial charge >= 0.3 is 0 Å². The molecule has 94 valence electrons. The Kier molecular flexibility index (Phi) is 3.96. The average Bonchev–Trinajstić information content (AvgIpc) is 2.14. The Labute approximate surface area is 100 Å². The molecule has 0 radical (unpaired) electrons. The molecule has 0 saturated heterocycles. The summed E-state index contributed by atoms with van der Waals surface area (Å²) in [7, 11) is 1.55. The van der Waals surface area contributed by atoms with Crippen molar-refractivity contribution in [1.82, 2.24) is 5.32 Å². The van der Waals surface area contributed by atoms with Crippen LogP contribution in [0.2, 0.25) is 0 Å². The van der Waals surface area contributed by atoms with Crippen LogP contribution in [0.15, 0.2) is 18.2 Å². The molecule has 0 aliphatic heterocycles. The minimum atomic E-state index is -0.521. The molecule has 5 nitrogen and oxygen atoms in total. The normalized spacial score (nSPS) is 11.2. The molecule has 5 heteroatoms. The Morgan fingerprint density at radius 3 is 2.29 bits per heavy atom. The van der Waals surface area contributed by atoms with Crippen molar-refractivity contribution in [1.29, 1.82) is 0 Å². The zero-order chi connectivity index (χ0) is 13.1. The molecule has 0 aromatic heterocycles. The summed E-state index contributed by atoms with van der Waals surface area (Å²) in [6.45, 7) is 4.00. The minimum Gasteiger partial charge on any atom is -0.508 e. The van der Waals surface area contributed by atoms with Crippen molar-refractivity contribution in [2.75, 3.05) is 13.7 Å². The number of carbonyl (C=O) groups excluding carboxylic acids is 1. The molecule has 1 aromatic carbocycles. The lowest BCUT2D eigenvalue weighted by atomic mass is 10.1. The van der Waals surface area contributed by atoms with E-state index in [1.54, 1.807) is 7.11 Å². The summed E-state index contributed by atoms with van der Waals surface area (Å²) in [4.78, 5) is 11.9. The molecule has 0 saturated carbocycles. The van der Waals surface area contributed by atoms with Gasteiger partial charge in [0.2, 0.25) is 0 Å². The summed E-state index contributed by atoms with van der Waals surface area (Å²) < 4.78 is 4.98. The summed E-state index contributed by atoms with van der Waals surface area (Å²) in [5.74, 6) is -0.683. The summed E-state index contributed by atoms with van der Waals surface area (Å²) in [5.41, 5.74) is -0.320. The molecule has 1 amide bonds. The molecule has 0 spiro atoms. The molecule has 0 fully saturated rings. The monoisotopic (exact) mass is 239 g/mol. The first-order chi connectivity index (χ1) is 7.84. The van der Waals surface area contributed by atoms with Gasteiger partial charge in [-0.2, -0.15) is 0 Å². The van der Waals surface area contributed by atoms with Crippen molar-refractivity contribution in [3.63, 3.8) is 0 Å². The van der Waals surface area contributed by atoms with Crippen LogP contribution in [0, 0.1) is 0 Å². The SMILES string of the molecule is COCC(C)(C)NC(=O)c1cc(O)cc(O)c1. The molecule has 0 unspecified atom stereocenters. The van der Waals surface area contributed by atoms with Gasteiger partial charge in [0.25, 0.3) is 5.91 Å². The maximum atomic E-state index is 11.9. The number of phenolic OH excluding ortho intramolecular Hbond substituents is 2. The Balaban J connectivity index is 2.83. The molecular formula is C12H17NO4. The molecule has 0 heterocycles. The number of ether oxygens (including phenoxy) is 1. The number of carbonyl (C=O) groups is 1. The predicted molar refractivity (Wildman–Crippen MR) is 63.2 cm³/mol. The fourth-order valence-corrected chi connectivity index (χ4v) is 1.50. The smallest absolute Gasteiger partial charge is 0.252 e. The number of aromatic hydroxyl groups is 2. The van der Waals surface area contributed by atoms with Crippen molar-refractivity contribution in [3.8, 4) is 11.5 Å². The summed E-state index contributed by atoms with van der Waals surface area (Å²) in [6, 6.07) is 3.74. The maximum Gasteiger partial charge on any atom is 0.252 e. The third kappa shape index (κ3) is 3.96. The van der Waals surface area contributed by atoms with E-state index in [9.17, 15) is 15.0 Å². The van der Waals surface area contributed by atoms with E-state index in [0.29, 0.717) is 6.61 Å². The van der Waals surface area contributed by atoms with Crippen LogP contribution in [-0.2, 0) is 4.74 Å². The van der Waals surface area contributed by atoms with Gasteiger partial charge in [0.1, 0.15) is 11.5 Å². The highest BCUT2D eigenvalue weighted by Crippen LogP contribution is 2.20. The first-order valence-electron chi connectivity index (χ1n) is 5.18. The second-order valence-electron chi connectivity index (χ2n) is 4.51. The molecule has 1 aromatic rings. The van der Waals surface area contributed by atoms with E-state index in [1.165, 1.54) is 12.1 Å². The van der Waals surface area contributed by atoms with E-state index in [2.05, 4.69) is 5.32 Å². The zero-order valence-electron chi connectivity index (χ0n) is 10.2. The Morgan fingerprint density at radius 1 is 1.29 bits per heavy atom. The fourth-order valence-electron chi connectivity index (χ4n) is 1.50. The van der Waals surface area contributed by atoms with Crippen molar-refractivity contribution < 1.29 is 19.7 Å². The molecule has 17 heavy (non-hydrogen) atoms. The largest absolute Gasteiger partial charge is 0.508 e. The van der Waals surface area contributed by atoms with Gasteiger partial charge in [-0.1, -0.05) is 0 Å². The Bertz CT molecular complexity index is 395. The van der Waals surface area contributed by atoms with Gasteiger partial charge in [-0.15, -0.1) is 0 Å². The number of benzene rings is 1. The molecule has 0 bridgehead atoms. The number of hydrogen-bond donors (Lipinski definition) is 3. The van der Waals surface area contributed by atoms with E-state index in [-0.39, 0.29) is 23.0 Å². The first kappa shape index (κ1) is 13.3. The van der Waals surface area contributed by atoms with Crippen molar-refractivity contribution in [2.45, 2.75) is 19.4 Å². The molecule has 0 atom stereocenters. The maximum absolute atomic E-state index is 11.9. The van der Waals surface area contributed by atoms with Crippen LogP contribution < -0.4 is 5.32 Å². The van der Waals surface area contributed by atoms with Crippen LogP contribution in [0.1, 0.15) is 24.2 Å². The highest BCUT2D eigenvalue weighted by atomic mass is 16.5. The van der Waals surface area contributed by atoms with Crippen molar-refractivity contribution in [3.05, 3.63) is 23.8 Å². The summed E-state index contributed by atoms with van der Waals surface area (Å²) in [6.07, 6.45) is 0. The van der Waals surface area contributed by atoms with E-state index in [4.69, 9.17) is 4.74 Å². The van der Waals surface area contributed by atoms with Gasteiger partial charge in [0.15, 0.2) is 0 Å². The lowest BCUT2D eigenvalue weighted by Gasteiger charge is -2.25. The number of nitrogens with one attached hydrogen (secondary N) is 1. The quantitative estimate of drug-likeness (QED) is 0.739. The van der Waals surface area contributed by atoms with E-state index in [0.717, 1.165) is 6.07 Å². The van der Waals surface area contributed by atoms with Gasteiger partial charge in [0, 0.05) is 18.7 Å². The van der Waals surface area contributed by atoms with Crippen molar-refractivity contribution in [2.24, 2.45) is 0 Å². The van der Waals surface area contributed by atoms with Gasteiger partial charge in [0.05, 0.1) is 12.1 Å². The lowest BCUT2D eigenvalue weighted by molar-refractivity contribution is 0.0819. The van der Waals surface area contributed by atoms with Gasteiger partial charge < -0.3 is 20.3 Å². The average molecular weight is 239 g/mol. The Morgan fingerprint density at radius 2 is 1.82 bits per heavy atom. The number of amides is 1. The standard InChI is InChI=1S/C12H17NO4/c1-12(2,7-17-3)13-11(16)8-4-9(14)6-10(15)5-8/h4-6,14-15H,7H2,1-3H3,(H,13,16). The van der Waals surface area contributed by atoms with E-state index in [1.807, 2.05) is 13.8 Å². The summed E-state index contributed by atoms with van der Waals surface area (Å²) >= 11 is 0. The number of rotatable bonds is 4. The predicted octanol–water partition coefficient (Wildman–Crippen LogP) is 1.25. The van der Waals surface area contributed by atoms with Crippen LogP contribution >= 0.6 is 0 Å². The highest BCUT2D eigenvalue weighted by Gasteiger charge is 2.21. The third-order valence-electron chi connectivity index (χ3n) is 2.12. The van der Waals surface area contributed by atoms with Crippen LogP contribution in [-0.4, -0.2) is 35.4 Å². The van der Waals surface area contributed by atoms with Crippen molar-refractivity contribution >= 4 is 5.91 Å². The molecule has 0 aliphatic carbocycles. The van der Waals surface area contributed by atoms with Gasteiger partial charge in [-0.05, 0) is 26.0 Å². The number of methoxy groups -OCH3 is 1. The third-order valence-corrected chi connectivity index (χ3v) is 2.12. The highest BCUT2D eigenvalue weighted by molar-refractivity contribution is 5.95. The first-order valence-corrected chi connectivity index (χ1v) is 5.18. The Hall–Kier alpha value is -1.75. The van der Waals surface area contributed by atoms with E-state index >= 15 is 0 Å². The van der Waals surface area contributed by atoms with Crippen LogP contribution in [0.25, 0.3) is 0 Å². The fraction of sp³-hybridized carbons (Fsp3) is 0.417. The van der Waals surface area contributed by atoms with E-state index < -0.39 is 5.54 Å². The summed E-state index contributed by atoms with van der Waals surface area (Å²) in [5, 5.41) is 21.3. The van der Waals surface area contributed by atoms with Crippen LogP contribution in [0.5, 0.6) is 11.5 Å². The number of phenols is 2. The second-order valence-corrected chi connectivity index (χ2v) is 4.51. The minimum absolute atomic E-state index is 0.153. The van der Waals surface area contributed by atoms with Gasteiger partial charge in [-0.25, -0.2) is 0 Å². The topological polar surface area (TPSA) is 78.8 Å². The molecular weight excluding hydrogens is 222 g/mol. The molecule has 1 rings (SSSR count). The second kappa shape index (κ2) is 5.05. The van der Waals surface area contributed by atoms with Gasteiger partial charge in [-0.3, -0.25) is 4.79 Å². The molecule has 3 N–H and O–H groups in total.